The molecule has 2 aliphatic rings. The maximum Gasteiger partial charge on any atom is 0.270 e. The number of Topliss-reactive ketones (excluding diaryl/α,β-unsaturated/α-hetero) is 1. The summed E-state index contributed by atoms with van der Waals surface area (Å²) >= 11 is 1.34. The van der Waals surface area contributed by atoms with E-state index in [1.807, 2.05) is 80.5 Å². The van der Waals surface area contributed by atoms with Gasteiger partial charge in [0.25, 0.3) is 5.56 Å². The molecule has 0 aliphatic carbocycles. The molecular formula is C24H23N3O3S. The monoisotopic (exact) mass is 433 g/mol. The van der Waals surface area contributed by atoms with Gasteiger partial charge in [-0.25, -0.2) is 4.99 Å². The largest absolute Gasteiger partial charge is 0.465 e. The lowest BCUT2D eigenvalue weighted by atomic mass is 9.79. The average molecular weight is 434 g/mol. The molecule has 2 aliphatic heterocycles. The second kappa shape index (κ2) is 6.92. The van der Waals surface area contributed by atoms with E-state index >= 15 is 0 Å². The Morgan fingerprint density at radius 1 is 1.19 bits per heavy atom. The zero-order valence-corrected chi connectivity index (χ0v) is 18.6. The number of fused-ring (bicyclic) bond motifs is 6. The summed E-state index contributed by atoms with van der Waals surface area (Å²) in [5.41, 5.74) is 1.71. The Kier molecular flexibility index (Phi) is 4.41. The average Bonchev–Trinajstić information content (AvgIpc) is 3.01. The number of hydrogen-bond acceptors (Lipinski definition) is 6. The minimum absolute atomic E-state index is 0.0423. The van der Waals surface area contributed by atoms with Crippen LogP contribution in [-0.4, -0.2) is 30.2 Å². The number of carbonyl (C=O) groups is 1. The zero-order valence-electron chi connectivity index (χ0n) is 17.8. The number of anilines is 1. The van der Waals surface area contributed by atoms with Crippen molar-refractivity contribution in [2.45, 2.75) is 25.6 Å². The molecule has 0 fully saturated rings. The Balaban J connectivity index is 1.73. The number of aromatic nitrogens is 1. The lowest BCUT2D eigenvalue weighted by molar-refractivity contribution is -0.132. The van der Waals surface area contributed by atoms with Crippen molar-refractivity contribution in [3.05, 3.63) is 79.3 Å². The number of nitrogens with zero attached hydrogens (tertiary/aromatic N) is 3. The van der Waals surface area contributed by atoms with Crippen LogP contribution in [-0.2, 0) is 4.79 Å². The van der Waals surface area contributed by atoms with Crippen LogP contribution in [0, 0.1) is 5.92 Å². The van der Waals surface area contributed by atoms with E-state index in [0.717, 1.165) is 16.8 Å². The first-order valence-electron chi connectivity index (χ1n) is 10.2. The van der Waals surface area contributed by atoms with Crippen molar-refractivity contribution in [1.82, 2.24) is 4.57 Å². The summed E-state index contributed by atoms with van der Waals surface area (Å²) in [7, 11) is 3.98. The zero-order chi connectivity index (χ0) is 21.9. The standard InChI is InChI=1S/C24H23N3O3S/c1-14(28)20-21-17-7-5-6-8-18(17)30-24(20,2)25-23-27(21)22(29)19(31-23)13-15-9-11-16(12-10-15)26(3)4/h5-13,20-21H,1-4H3/b19-13-/t20?,21?,24-/m0/s1. The van der Waals surface area contributed by atoms with E-state index in [9.17, 15) is 9.59 Å². The topological polar surface area (TPSA) is 63.9 Å². The number of para-hydroxylation sites is 1. The molecule has 7 heteroatoms. The van der Waals surface area contributed by atoms with Crippen molar-refractivity contribution in [2.75, 3.05) is 19.0 Å². The van der Waals surface area contributed by atoms with Crippen LogP contribution in [0.15, 0.2) is 58.3 Å². The van der Waals surface area contributed by atoms with Crippen molar-refractivity contribution in [3.8, 4) is 5.75 Å². The van der Waals surface area contributed by atoms with Crippen LogP contribution in [0.5, 0.6) is 5.75 Å². The number of benzene rings is 2. The summed E-state index contributed by atoms with van der Waals surface area (Å²) in [6.45, 7) is 3.38. The highest BCUT2D eigenvalue weighted by Crippen LogP contribution is 2.47. The fraction of sp³-hybridized carbons (Fsp3) is 0.292. The van der Waals surface area contributed by atoms with E-state index in [0.29, 0.717) is 15.1 Å². The first kappa shape index (κ1) is 19.8. The van der Waals surface area contributed by atoms with Gasteiger partial charge < -0.3 is 9.64 Å². The highest BCUT2D eigenvalue weighted by molar-refractivity contribution is 7.07. The highest BCUT2D eigenvalue weighted by Gasteiger charge is 2.53. The molecule has 0 N–H and O–H groups in total. The number of hydrogen-bond donors (Lipinski definition) is 0. The second-order valence-corrected chi connectivity index (χ2v) is 9.40. The van der Waals surface area contributed by atoms with E-state index in [1.165, 1.54) is 11.3 Å². The van der Waals surface area contributed by atoms with Crippen molar-refractivity contribution in [1.29, 1.82) is 0 Å². The van der Waals surface area contributed by atoms with Crippen LogP contribution in [0.1, 0.15) is 31.0 Å². The Labute approximate surface area is 183 Å². The predicted octanol–water partition coefficient (Wildman–Crippen LogP) is 2.34. The lowest BCUT2D eigenvalue weighted by Gasteiger charge is -2.45. The molecule has 3 atom stereocenters. The van der Waals surface area contributed by atoms with Crippen LogP contribution in [0.2, 0.25) is 0 Å². The van der Waals surface area contributed by atoms with Gasteiger partial charge in [-0.05, 0) is 43.7 Å². The molecule has 0 radical (unpaired) electrons. The van der Waals surface area contributed by atoms with Gasteiger partial charge in [-0.2, -0.15) is 0 Å². The van der Waals surface area contributed by atoms with Crippen molar-refractivity contribution < 1.29 is 9.53 Å². The summed E-state index contributed by atoms with van der Waals surface area (Å²) < 4.78 is 8.48. The van der Waals surface area contributed by atoms with Gasteiger partial charge in [-0.3, -0.25) is 14.2 Å². The minimum Gasteiger partial charge on any atom is -0.465 e. The van der Waals surface area contributed by atoms with Gasteiger partial charge in [0.15, 0.2) is 4.80 Å². The molecule has 31 heavy (non-hydrogen) atoms. The van der Waals surface area contributed by atoms with Crippen LogP contribution in [0.4, 0.5) is 5.69 Å². The number of carbonyl (C=O) groups excluding carboxylic acids is 1. The maximum absolute atomic E-state index is 13.5. The van der Waals surface area contributed by atoms with Gasteiger partial charge in [0.1, 0.15) is 17.5 Å². The van der Waals surface area contributed by atoms with E-state index < -0.39 is 17.7 Å². The molecule has 158 valence electrons. The predicted molar refractivity (Wildman–Crippen MR) is 121 cm³/mol. The van der Waals surface area contributed by atoms with Crippen molar-refractivity contribution in [2.24, 2.45) is 10.9 Å². The van der Waals surface area contributed by atoms with Gasteiger partial charge in [0.05, 0.1) is 10.6 Å². The molecule has 3 aromatic rings. The fourth-order valence-corrected chi connectivity index (χ4v) is 5.68. The third-order valence-corrected chi connectivity index (χ3v) is 7.01. The third-order valence-electron chi connectivity index (χ3n) is 6.02. The number of thiazole rings is 1. The van der Waals surface area contributed by atoms with Crippen LogP contribution < -0.4 is 24.5 Å². The molecule has 0 amide bonds. The van der Waals surface area contributed by atoms with Crippen molar-refractivity contribution >= 4 is 28.9 Å². The van der Waals surface area contributed by atoms with Gasteiger partial charge in [0.2, 0.25) is 5.72 Å². The van der Waals surface area contributed by atoms with E-state index in [-0.39, 0.29) is 11.3 Å². The summed E-state index contributed by atoms with van der Waals surface area (Å²) in [6.07, 6.45) is 1.88. The SMILES string of the molecule is CC(=O)C1C2c3ccccc3O[C@]1(C)N=c1s/c(=C\c3ccc(N(C)C)cc3)c(=O)n12. The quantitative estimate of drug-likeness (QED) is 0.636. The lowest BCUT2D eigenvalue weighted by Crippen LogP contribution is -2.58. The Morgan fingerprint density at radius 3 is 2.58 bits per heavy atom. The van der Waals surface area contributed by atoms with Gasteiger partial charge in [-0.1, -0.05) is 41.7 Å². The number of ether oxygens (including phenoxy) is 1. The van der Waals surface area contributed by atoms with Crippen LogP contribution >= 0.6 is 11.3 Å². The van der Waals surface area contributed by atoms with E-state index in [2.05, 4.69) is 0 Å². The normalized spacial score (nSPS) is 23.9. The molecular weight excluding hydrogens is 410 g/mol. The molecule has 2 bridgehead atoms. The first-order valence-corrected chi connectivity index (χ1v) is 11.0. The minimum atomic E-state index is -1.03. The van der Waals surface area contributed by atoms with E-state index in [4.69, 9.17) is 9.73 Å². The summed E-state index contributed by atoms with van der Waals surface area (Å²) in [5.74, 6) is 0.0681. The molecule has 2 aromatic carbocycles. The van der Waals surface area contributed by atoms with Crippen LogP contribution in [0.3, 0.4) is 0 Å². The van der Waals surface area contributed by atoms with Crippen LogP contribution in [0.25, 0.3) is 6.08 Å². The number of rotatable bonds is 3. The van der Waals surface area contributed by atoms with Gasteiger partial charge in [-0.15, -0.1) is 0 Å². The molecule has 6 nitrogen and oxygen atoms in total. The Bertz CT molecular complexity index is 1370. The highest BCUT2D eigenvalue weighted by atomic mass is 32.1. The Hall–Kier alpha value is -3.19. The second-order valence-electron chi connectivity index (χ2n) is 8.39. The molecule has 2 unspecified atom stereocenters. The first-order chi connectivity index (χ1) is 14.8. The molecule has 0 spiro atoms. The third kappa shape index (κ3) is 3.03. The molecule has 3 heterocycles. The summed E-state index contributed by atoms with van der Waals surface area (Å²) in [4.78, 5) is 33.6. The van der Waals surface area contributed by atoms with Crippen molar-refractivity contribution in [3.63, 3.8) is 0 Å². The molecule has 5 rings (SSSR count). The fourth-order valence-electron chi connectivity index (χ4n) is 4.58. The van der Waals surface area contributed by atoms with Gasteiger partial charge >= 0.3 is 0 Å². The maximum atomic E-state index is 13.5. The summed E-state index contributed by atoms with van der Waals surface area (Å²) in [5, 5.41) is 0. The smallest absolute Gasteiger partial charge is 0.270 e. The molecule has 0 saturated carbocycles. The Morgan fingerprint density at radius 2 is 1.90 bits per heavy atom. The molecule has 0 saturated heterocycles. The van der Waals surface area contributed by atoms with E-state index in [1.54, 1.807) is 11.5 Å². The summed E-state index contributed by atoms with van der Waals surface area (Å²) in [6, 6.07) is 15.2. The number of ketones is 1. The van der Waals surface area contributed by atoms with Gasteiger partial charge in [0, 0.05) is 25.3 Å². The molecule has 1 aromatic heterocycles.